The molecule has 0 radical (unpaired) electrons. The maximum Gasteiger partial charge on any atom is 0.160 e. The Morgan fingerprint density at radius 3 is 1.02 bits per heavy atom. The number of hydrogen-bond donors (Lipinski definition) is 0. The highest BCUT2D eigenvalue weighted by Gasteiger charge is 2.41. The number of nitrogens with zero attached hydrogens (tertiary/aromatic N) is 8. The smallest absolute Gasteiger partial charge is 0.160 e. The molecule has 0 saturated carbocycles. The SMILES string of the molecule is c1ccc(-c2nc(-c3ccc4c(c3)C3c5ccccc5C4c4cc(-c5cc(-c6ccc7nccnc7c6)nc(-c6ccccc6)n5)ccc43)cc(-c3ccc4nccnc4c3)n2)cc1. The van der Waals surface area contributed by atoms with Crippen molar-refractivity contribution in [3.63, 3.8) is 0 Å². The van der Waals surface area contributed by atoms with Crippen LogP contribution in [0.15, 0.2) is 195 Å². The molecular weight excluding hydrogens is 785 g/mol. The maximum absolute atomic E-state index is 5.22. The van der Waals surface area contributed by atoms with Gasteiger partial charge in [-0.1, -0.05) is 121 Å². The number of aromatic nitrogens is 8. The van der Waals surface area contributed by atoms with Crippen LogP contribution in [0.3, 0.4) is 0 Å². The normalized spacial score (nSPS) is 14.6. The molecule has 0 N–H and O–H groups in total. The third kappa shape index (κ3) is 5.99. The zero-order valence-electron chi connectivity index (χ0n) is 34.2. The highest BCUT2D eigenvalue weighted by Crippen LogP contribution is 2.56. The van der Waals surface area contributed by atoms with E-state index in [0.717, 1.165) is 78.2 Å². The molecule has 0 aliphatic heterocycles. The Kier molecular flexibility index (Phi) is 8.17. The van der Waals surface area contributed by atoms with Gasteiger partial charge >= 0.3 is 0 Å². The Morgan fingerprint density at radius 1 is 0.250 bits per heavy atom. The molecular formula is C56H34N8. The van der Waals surface area contributed by atoms with Crippen molar-refractivity contribution in [3.8, 4) is 67.8 Å². The van der Waals surface area contributed by atoms with Crippen LogP contribution < -0.4 is 0 Å². The number of fused-ring (bicyclic) bond motifs is 2. The predicted octanol–water partition coefficient (Wildman–Crippen LogP) is 12.1. The molecule has 0 spiro atoms. The quantitative estimate of drug-likeness (QED) is 0.163. The zero-order chi connectivity index (χ0) is 42.1. The largest absolute Gasteiger partial charge is 0.253 e. The minimum absolute atomic E-state index is 0.0497. The second-order valence-corrected chi connectivity index (χ2v) is 16.4. The van der Waals surface area contributed by atoms with Crippen LogP contribution in [0.2, 0.25) is 0 Å². The molecule has 8 nitrogen and oxygen atoms in total. The van der Waals surface area contributed by atoms with Crippen LogP contribution >= 0.6 is 0 Å². The molecule has 3 aliphatic carbocycles. The van der Waals surface area contributed by atoms with Crippen molar-refractivity contribution in [1.29, 1.82) is 0 Å². The summed E-state index contributed by atoms with van der Waals surface area (Å²) in [7, 11) is 0. The van der Waals surface area contributed by atoms with Gasteiger partial charge in [0.2, 0.25) is 0 Å². The van der Waals surface area contributed by atoms with Gasteiger partial charge in [0.25, 0.3) is 0 Å². The average Bonchev–Trinajstić information content (AvgIpc) is 3.38. The molecule has 2 bridgehead atoms. The fraction of sp³-hybridized carbons (Fsp3) is 0.0357. The van der Waals surface area contributed by atoms with E-state index in [4.69, 9.17) is 19.9 Å². The summed E-state index contributed by atoms with van der Waals surface area (Å²) in [6.45, 7) is 0. The summed E-state index contributed by atoms with van der Waals surface area (Å²) in [5, 5.41) is 0. The summed E-state index contributed by atoms with van der Waals surface area (Å²) in [6, 6.07) is 59.6. The van der Waals surface area contributed by atoms with Crippen molar-refractivity contribution in [2.24, 2.45) is 0 Å². The summed E-state index contributed by atoms with van der Waals surface area (Å²) in [5.74, 6) is 1.45. The highest BCUT2D eigenvalue weighted by atomic mass is 14.9. The van der Waals surface area contributed by atoms with Crippen LogP contribution in [0.25, 0.3) is 89.9 Å². The van der Waals surface area contributed by atoms with Gasteiger partial charge in [-0.2, -0.15) is 0 Å². The van der Waals surface area contributed by atoms with Gasteiger partial charge in [-0.3, -0.25) is 19.9 Å². The molecule has 2 atom stereocenters. The molecule has 298 valence electrons. The number of hydrogen-bond acceptors (Lipinski definition) is 8. The zero-order valence-corrected chi connectivity index (χ0v) is 34.2. The first kappa shape index (κ1) is 36.1. The van der Waals surface area contributed by atoms with E-state index in [1.165, 1.54) is 33.4 Å². The molecule has 64 heavy (non-hydrogen) atoms. The summed E-state index contributed by atoms with van der Waals surface area (Å²) >= 11 is 0. The molecule has 2 unspecified atom stereocenters. The average molecular weight is 819 g/mol. The van der Waals surface area contributed by atoms with Gasteiger partial charge in [-0.25, -0.2) is 19.9 Å². The Labute approximate surface area is 368 Å². The second-order valence-electron chi connectivity index (χ2n) is 16.4. The van der Waals surface area contributed by atoms with Crippen molar-refractivity contribution in [1.82, 2.24) is 39.9 Å². The lowest BCUT2D eigenvalue weighted by Crippen LogP contribution is -2.27. The lowest BCUT2D eigenvalue weighted by atomic mass is 9.60. The van der Waals surface area contributed by atoms with Crippen LogP contribution in [-0.4, -0.2) is 39.9 Å². The molecule has 0 fully saturated rings. The Bertz CT molecular complexity index is 3410. The summed E-state index contributed by atoms with van der Waals surface area (Å²) < 4.78 is 0. The van der Waals surface area contributed by atoms with E-state index in [9.17, 15) is 0 Å². The van der Waals surface area contributed by atoms with E-state index in [1.54, 1.807) is 24.8 Å². The summed E-state index contributed by atoms with van der Waals surface area (Å²) in [6.07, 6.45) is 6.89. The fourth-order valence-corrected chi connectivity index (χ4v) is 9.70. The van der Waals surface area contributed by atoms with Gasteiger partial charge in [0.15, 0.2) is 11.6 Å². The van der Waals surface area contributed by atoms with E-state index in [1.807, 2.05) is 48.5 Å². The molecule has 0 amide bonds. The fourth-order valence-electron chi connectivity index (χ4n) is 9.70. The van der Waals surface area contributed by atoms with Gasteiger partial charge < -0.3 is 0 Å². The third-order valence-electron chi connectivity index (χ3n) is 12.7. The van der Waals surface area contributed by atoms with Gasteiger partial charge in [-0.15, -0.1) is 0 Å². The van der Waals surface area contributed by atoms with E-state index >= 15 is 0 Å². The van der Waals surface area contributed by atoms with E-state index in [0.29, 0.717) is 11.6 Å². The van der Waals surface area contributed by atoms with Crippen molar-refractivity contribution >= 4 is 22.1 Å². The first-order chi connectivity index (χ1) is 31.7. The van der Waals surface area contributed by atoms with Crippen LogP contribution in [-0.2, 0) is 0 Å². The molecule has 11 aromatic rings. The predicted molar refractivity (Wildman–Crippen MR) is 251 cm³/mol. The third-order valence-corrected chi connectivity index (χ3v) is 12.7. The van der Waals surface area contributed by atoms with E-state index < -0.39 is 0 Å². The van der Waals surface area contributed by atoms with Gasteiger partial charge in [0, 0.05) is 70.0 Å². The van der Waals surface area contributed by atoms with Crippen molar-refractivity contribution in [2.45, 2.75) is 11.8 Å². The second kappa shape index (κ2) is 14.5. The standard InChI is InChI=1S/C56H34N8/c1-3-9-33(10-4-1)55-61-47(31-49(63-55)37-17-21-45-51(29-37)59-25-23-57-45)35-15-19-41-43(27-35)53-39-13-7-8-14-40(39)54(41)44-28-36(16-20-42(44)53)48-32-50(64-56(62-48)34-11-5-2-6-12-34)38-18-22-46-52(30-38)60-26-24-58-46/h1-32,53-54H. The van der Waals surface area contributed by atoms with Crippen LogP contribution in [0, 0.1) is 0 Å². The Morgan fingerprint density at radius 2 is 0.594 bits per heavy atom. The lowest BCUT2D eigenvalue weighted by Gasteiger charge is -2.42. The minimum atomic E-state index is 0.0497. The molecule has 7 aromatic carbocycles. The Hall–Kier alpha value is -8.62. The highest BCUT2D eigenvalue weighted by molar-refractivity contribution is 5.84. The molecule has 4 heterocycles. The maximum atomic E-state index is 5.22. The van der Waals surface area contributed by atoms with E-state index in [2.05, 4.69) is 141 Å². The monoisotopic (exact) mass is 818 g/mol. The van der Waals surface area contributed by atoms with E-state index in [-0.39, 0.29) is 11.8 Å². The molecule has 3 aliphatic rings. The van der Waals surface area contributed by atoms with Gasteiger partial charge in [0.05, 0.1) is 44.8 Å². The van der Waals surface area contributed by atoms with Gasteiger partial charge in [-0.05, 0) is 81.9 Å². The molecule has 8 heteroatoms. The van der Waals surface area contributed by atoms with Crippen molar-refractivity contribution in [3.05, 3.63) is 228 Å². The van der Waals surface area contributed by atoms with Crippen molar-refractivity contribution in [2.75, 3.05) is 0 Å². The van der Waals surface area contributed by atoms with Crippen LogP contribution in [0.4, 0.5) is 0 Å². The molecule has 14 rings (SSSR count). The Balaban J connectivity index is 0.938. The first-order valence-electron chi connectivity index (χ1n) is 21.4. The number of rotatable bonds is 6. The minimum Gasteiger partial charge on any atom is -0.253 e. The number of benzene rings is 7. The lowest BCUT2D eigenvalue weighted by molar-refractivity contribution is 0.755. The van der Waals surface area contributed by atoms with Gasteiger partial charge in [0.1, 0.15) is 0 Å². The van der Waals surface area contributed by atoms with Crippen molar-refractivity contribution < 1.29 is 0 Å². The first-order valence-corrected chi connectivity index (χ1v) is 21.4. The molecule has 4 aromatic heterocycles. The summed E-state index contributed by atoms with van der Waals surface area (Å²) in [4.78, 5) is 38.8. The summed E-state index contributed by atoms with van der Waals surface area (Å²) in [5.41, 5.74) is 20.6. The van der Waals surface area contributed by atoms with Crippen LogP contribution in [0.5, 0.6) is 0 Å². The molecule has 0 saturated heterocycles. The van der Waals surface area contributed by atoms with Crippen LogP contribution in [0.1, 0.15) is 45.2 Å². The topological polar surface area (TPSA) is 103 Å².